The third-order valence-electron chi connectivity index (χ3n) is 3.68. The Morgan fingerprint density at radius 1 is 1.26 bits per heavy atom. The maximum atomic E-state index is 6.18. The van der Waals surface area contributed by atoms with E-state index in [9.17, 15) is 0 Å². The van der Waals surface area contributed by atoms with Crippen molar-refractivity contribution in [2.45, 2.75) is 19.3 Å². The smallest absolute Gasteiger partial charge is 0.0908 e. The Kier molecular flexibility index (Phi) is 3.69. The molecule has 2 aromatic rings. The minimum atomic E-state index is 0.710. The van der Waals surface area contributed by atoms with Crippen molar-refractivity contribution >= 4 is 28.2 Å². The Balaban J connectivity index is 1.81. The van der Waals surface area contributed by atoms with Crippen LogP contribution in [0.1, 0.15) is 19.3 Å². The van der Waals surface area contributed by atoms with Gasteiger partial charge in [-0.3, -0.25) is 4.98 Å². The first kappa shape index (κ1) is 12.5. The molecule has 1 unspecified atom stereocenters. The molecule has 1 aliphatic rings. The minimum absolute atomic E-state index is 0.710. The van der Waals surface area contributed by atoms with E-state index in [0.29, 0.717) is 5.02 Å². The largest absolute Gasteiger partial charge is 0.384 e. The molecule has 1 aliphatic carbocycles. The van der Waals surface area contributed by atoms with Gasteiger partial charge in [-0.15, -0.1) is 0 Å². The standard InChI is InChI=1S/C16H17ClN2/c17-14-8-9-15(13-7-4-10-18-16(13)14)19-11-12-5-2-1-3-6-12/h1-2,4,7-10,12,19H,3,5-6,11H2. The van der Waals surface area contributed by atoms with Gasteiger partial charge in [-0.25, -0.2) is 0 Å². The lowest BCUT2D eigenvalue weighted by Crippen LogP contribution is -2.15. The summed E-state index contributed by atoms with van der Waals surface area (Å²) in [6, 6.07) is 7.98. The maximum absolute atomic E-state index is 6.18. The lowest BCUT2D eigenvalue weighted by molar-refractivity contribution is 0.504. The Labute approximate surface area is 118 Å². The fourth-order valence-corrected chi connectivity index (χ4v) is 2.80. The van der Waals surface area contributed by atoms with Crippen molar-refractivity contribution in [2.75, 3.05) is 11.9 Å². The number of anilines is 1. The lowest BCUT2D eigenvalue weighted by atomic mass is 9.94. The summed E-state index contributed by atoms with van der Waals surface area (Å²) in [5, 5.41) is 5.36. The van der Waals surface area contributed by atoms with Gasteiger partial charge in [-0.2, -0.15) is 0 Å². The molecule has 0 saturated heterocycles. The maximum Gasteiger partial charge on any atom is 0.0908 e. The van der Waals surface area contributed by atoms with E-state index >= 15 is 0 Å². The van der Waals surface area contributed by atoms with Gasteiger partial charge in [0.05, 0.1) is 10.5 Å². The number of benzene rings is 1. The highest BCUT2D eigenvalue weighted by atomic mass is 35.5. The summed E-state index contributed by atoms with van der Waals surface area (Å²) < 4.78 is 0. The van der Waals surface area contributed by atoms with Crippen molar-refractivity contribution in [3.05, 3.63) is 47.6 Å². The van der Waals surface area contributed by atoms with Crippen molar-refractivity contribution in [2.24, 2.45) is 5.92 Å². The van der Waals surface area contributed by atoms with Crippen LogP contribution in [0.25, 0.3) is 10.9 Å². The van der Waals surface area contributed by atoms with Crippen LogP contribution >= 0.6 is 11.6 Å². The van der Waals surface area contributed by atoms with E-state index in [0.717, 1.165) is 29.1 Å². The monoisotopic (exact) mass is 272 g/mol. The van der Waals surface area contributed by atoms with E-state index < -0.39 is 0 Å². The zero-order chi connectivity index (χ0) is 13.1. The highest BCUT2D eigenvalue weighted by Gasteiger charge is 2.11. The van der Waals surface area contributed by atoms with E-state index in [4.69, 9.17) is 11.6 Å². The van der Waals surface area contributed by atoms with Crippen LogP contribution in [0, 0.1) is 5.92 Å². The van der Waals surface area contributed by atoms with Crippen LogP contribution in [0.4, 0.5) is 5.69 Å². The highest BCUT2D eigenvalue weighted by molar-refractivity contribution is 6.35. The molecule has 19 heavy (non-hydrogen) atoms. The van der Waals surface area contributed by atoms with E-state index in [1.807, 2.05) is 18.2 Å². The van der Waals surface area contributed by atoms with Gasteiger partial charge in [-0.1, -0.05) is 23.8 Å². The average molecular weight is 273 g/mol. The number of halogens is 1. The zero-order valence-corrected chi connectivity index (χ0v) is 11.5. The molecule has 2 nitrogen and oxygen atoms in total. The van der Waals surface area contributed by atoms with Gasteiger partial charge in [0.15, 0.2) is 0 Å². The Hall–Kier alpha value is -1.54. The van der Waals surface area contributed by atoms with Gasteiger partial charge < -0.3 is 5.32 Å². The first-order valence-corrected chi connectivity index (χ1v) is 7.14. The molecule has 0 radical (unpaired) electrons. The van der Waals surface area contributed by atoms with Crippen molar-refractivity contribution in [3.8, 4) is 0 Å². The second kappa shape index (κ2) is 5.62. The summed E-state index contributed by atoms with van der Waals surface area (Å²) >= 11 is 6.18. The molecule has 0 amide bonds. The lowest BCUT2D eigenvalue weighted by Gasteiger charge is -2.19. The van der Waals surface area contributed by atoms with Crippen LogP contribution < -0.4 is 5.32 Å². The molecule has 98 valence electrons. The number of fused-ring (bicyclic) bond motifs is 1. The van der Waals surface area contributed by atoms with Crippen LogP contribution in [-0.4, -0.2) is 11.5 Å². The number of allylic oxidation sites excluding steroid dienone is 2. The van der Waals surface area contributed by atoms with Gasteiger partial charge >= 0.3 is 0 Å². The number of aromatic nitrogens is 1. The van der Waals surface area contributed by atoms with Crippen LogP contribution in [0.3, 0.4) is 0 Å². The topological polar surface area (TPSA) is 24.9 Å². The fourth-order valence-electron chi connectivity index (χ4n) is 2.59. The van der Waals surface area contributed by atoms with E-state index in [1.54, 1.807) is 6.20 Å². The number of pyridine rings is 1. The van der Waals surface area contributed by atoms with Crippen molar-refractivity contribution < 1.29 is 0 Å². The number of rotatable bonds is 3. The molecule has 0 aliphatic heterocycles. The molecule has 0 fully saturated rings. The van der Waals surface area contributed by atoms with Crippen LogP contribution in [0.15, 0.2) is 42.6 Å². The van der Waals surface area contributed by atoms with Crippen molar-refractivity contribution in [3.63, 3.8) is 0 Å². The second-order valence-electron chi connectivity index (χ2n) is 5.03. The van der Waals surface area contributed by atoms with Gasteiger partial charge in [0.1, 0.15) is 0 Å². The number of hydrogen-bond donors (Lipinski definition) is 1. The Morgan fingerprint density at radius 3 is 3.05 bits per heavy atom. The quantitative estimate of drug-likeness (QED) is 0.822. The molecule has 3 heteroatoms. The Morgan fingerprint density at radius 2 is 2.21 bits per heavy atom. The molecule has 1 aromatic carbocycles. The molecule has 1 heterocycles. The fraction of sp³-hybridized carbons (Fsp3) is 0.312. The summed E-state index contributed by atoms with van der Waals surface area (Å²) in [7, 11) is 0. The number of hydrogen-bond acceptors (Lipinski definition) is 2. The Bertz CT molecular complexity index is 607. The molecule has 0 saturated carbocycles. The molecule has 3 rings (SSSR count). The predicted molar refractivity (Wildman–Crippen MR) is 81.7 cm³/mol. The summed E-state index contributed by atoms with van der Waals surface area (Å²) in [6.45, 7) is 1.01. The second-order valence-corrected chi connectivity index (χ2v) is 5.43. The summed E-state index contributed by atoms with van der Waals surface area (Å²) in [5.74, 6) is 0.729. The normalized spacial score (nSPS) is 18.7. The first-order chi connectivity index (χ1) is 9.34. The van der Waals surface area contributed by atoms with E-state index in [1.165, 1.54) is 19.3 Å². The summed E-state index contributed by atoms with van der Waals surface area (Å²) in [5.41, 5.74) is 2.00. The molecule has 0 bridgehead atoms. The molecular formula is C16H17ClN2. The van der Waals surface area contributed by atoms with Crippen molar-refractivity contribution in [1.82, 2.24) is 4.98 Å². The third-order valence-corrected chi connectivity index (χ3v) is 3.98. The number of nitrogens with one attached hydrogen (secondary N) is 1. The SMILES string of the molecule is Clc1ccc(NCC2CC=CCC2)c2cccnc12. The highest BCUT2D eigenvalue weighted by Crippen LogP contribution is 2.28. The van der Waals surface area contributed by atoms with Gasteiger partial charge in [0, 0.05) is 23.8 Å². The minimum Gasteiger partial charge on any atom is -0.384 e. The van der Waals surface area contributed by atoms with Crippen molar-refractivity contribution in [1.29, 1.82) is 0 Å². The molecule has 0 spiro atoms. The van der Waals surface area contributed by atoms with Gasteiger partial charge in [0.2, 0.25) is 0 Å². The van der Waals surface area contributed by atoms with Gasteiger partial charge in [0.25, 0.3) is 0 Å². The van der Waals surface area contributed by atoms with E-state index in [2.05, 4.69) is 28.5 Å². The summed E-state index contributed by atoms with van der Waals surface area (Å²) in [4.78, 5) is 4.35. The number of nitrogens with zero attached hydrogens (tertiary/aromatic N) is 1. The molecule has 1 atom stereocenters. The molecule has 1 N–H and O–H groups in total. The third kappa shape index (κ3) is 2.74. The van der Waals surface area contributed by atoms with Crippen LogP contribution in [-0.2, 0) is 0 Å². The van der Waals surface area contributed by atoms with Crippen LogP contribution in [0.5, 0.6) is 0 Å². The first-order valence-electron chi connectivity index (χ1n) is 6.76. The average Bonchev–Trinajstić information content (AvgIpc) is 2.48. The van der Waals surface area contributed by atoms with Crippen LogP contribution in [0.2, 0.25) is 5.02 Å². The summed E-state index contributed by atoms with van der Waals surface area (Å²) in [6.07, 6.45) is 10.00. The van der Waals surface area contributed by atoms with Gasteiger partial charge in [-0.05, 0) is 49.4 Å². The molecule has 1 aromatic heterocycles. The zero-order valence-electron chi connectivity index (χ0n) is 10.8. The predicted octanol–water partition coefficient (Wildman–Crippen LogP) is 4.66. The van der Waals surface area contributed by atoms with E-state index in [-0.39, 0.29) is 0 Å². The molecular weight excluding hydrogens is 256 g/mol.